The third-order valence-electron chi connectivity index (χ3n) is 4.45. The number of hydrogen-bond donors (Lipinski definition) is 3. The van der Waals surface area contributed by atoms with Gasteiger partial charge in [-0.3, -0.25) is 9.59 Å². The van der Waals surface area contributed by atoms with Gasteiger partial charge < -0.3 is 16.0 Å². The highest BCUT2D eigenvalue weighted by atomic mass is 16.2. The number of carbonyl (C=O) groups is 2. The third-order valence-corrected chi connectivity index (χ3v) is 4.45. The molecule has 122 valence electrons. The molecule has 1 aliphatic rings. The highest BCUT2D eigenvalue weighted by molar-refractivity contribution is 5.87. The lowest BCUT2D eigenvalue weighted by molar-refractivity contribution is -0.130. The second-order valence-electron chi connectivity index (χ2n) is 6.63. The first kappa shape index (κ1) is 18.0. The van der Waals surface area contributed by atoms with Gasteiger partial charge in [0.2, 0.25) is 11.8 Å². The summed E-state index contributed by atoms with van der Waals surface area (Å²) in [5, 5.41) is 8.89. The van der Waals surface area contributed by atoms with Gasteiger partial charge in [-0.05, 0) is 32.2 Å². The molecule has 5 nitrogen and oxygen atoms in total. The Morgan fingerprint density at radius 2 is 1.71 bits per heavy atom. The standard InChI is InChI=1S/C16H31N3O2/c1-12(2)10-13(15(21)17-3)19-14(20)11-16(18-4)8-6-5-7-9-16/h12-13,18H,5-11H2,1-4H3,(H,17,21)(H,19,20). The zero-order chi connectivity index (χ0) is 15.9. The van der Waals surface area contributed by atoms with Crippen LogP contribution < -0.4 is 16.0 Å². The Kier molecular flexibility index (Phi) is 7.15. The van der Waals surface area contributed by atoms with Crippen LogP contribution in [-0.4, -0.2) is 37.5 Å². The minimum absolute atomic E-state index is 0.0273. The van der Waals surface area contributed by atoms with E-state index < -0.39 is 6.04 Å². The summed E-state index contributed by atoms with van der Waals surface area (Å²) < 4.78 is 0. The molecule has 0 saturated heterocycles. The van der Waals surface area contributed by atoms with E-state index in [1.54, 1.807) is 7.05 Å². The Bertz CT molecular complexity index is 349. The normalized spacial score (nSPS) is 19.1. The van der Waals surface area contributed by atoms with Crippen LogP contribution in [0, 0.1) is 5.92 Å². The van der Waals surface area contributed by atoms with Crippen molar-refractivity contribution >= 4 is 11.8 Å². The fourth-order valence-electron chi connectivity index (χ4n) is 3.17. The summed E-state index contributed by atoms with van der Waals surface area (Å²) >= 11 is 0. The average Bonchev–Trinajstić information content (AvgIpc) is 2.46. The van der Waals surface area contributed by atoms with Crippen LogP contribution in [0.2, 0.25) is 0 Å². The van der Waals surface area contributed by atoms with Crippen molar-refractivity contribution in [1.29, 1.82) is 0 Å². The number of hydrogen-bond acceptors (Lipinski definition) is 3. The molecule has 0 bridgehead atoms. The maximum absolute atomic E-state index is 12.4. The number of likely N-dealkylation sites (N-methyl/N-ethyl adjacent to an activating group) is 1. The Morgan fingerprint density at radius 3 is 2.19 bits per heavy atom. The summed E-state index contributed by atoms with van der Waals surface area (Å²) in [4.78, 5) is 24.2. The first-order valence-corrected chi connectivity index (χ1v) is 8.12. The van der Waals surface area contributed by atoms with Crippen molar-refractivity contribution in [3.63, 3.8) is 0 Å². The summed E-state index contributed by atoms with van der Waals surface area (Å²) in [5.41, 5.74) is -0.0899. The third kappa shape index (κ3) is 5.65. The summed E-state index contributed by atoms with van der Waals surface area (Å²) in [7, 11) is 3.54. The second-order valence-corrected chi connectivity index (χ2v) is 6.63. The molecule has 0 aromatic carbocycles. The van der Waals surface area contributed by atoms with Gasteiger partial charge in [-0.25, -0.2) is 0 Å². The zero-order valence-corrected chi connectivity index (χ0v) is 13.9. The van der Waals surface area contributed by atoms with E-state index in [1.807, 2.05) is 7.05 Å². The van der Waals surface area contributed by atoms with Crippen LogP contribution in [-0.2, 0) is 9.59 Å². The predicted octanol–water partition coefficient (Wildman–Crippen LogP) is 1.58. The number of amides is 2. The minimum atomic E-state index is -0.431. The van der Waals surface area contributed by atoms with E-state index in [1.165, 1.54) is 19.3 Å². The maximum Gasteiger partial charge on any atom is 0.242 e. The lowest BCUT2D eigenvalue weighted by Crippen LogP contribution is -2.52. The second kappa shape index (κ2) is 8.37. The van der Waals surface area contributed by atoms with Crippen LogP contribution >= 0.6 is 0 Å². The van der Waals surface area contributed by atoms with Crippen molar-refractivity contribution in [2.24, 2.45) is 5.92 Å². The first-order chi connectivity index (χ1) is 9.92. The largest absolute Gasteiger partial charge is 0.357 e. The molecule has 5 heteroatoms. The van der Waals surface area contributed by atoms with Gasteiger partial charge in [-0.1, -0.05) is 33.1 Å². The van der Waals surface area contributed by atoms with Gasteiger partial charge in [0.05, 0.1) is 0 Å². The molecule has 1 rings (SSSR count). The monoisotopic (exact) mass is 297 g/mol. The van der Waals surface area contributed by atoms with Crippen molar-refractivity contribution in [2.45, 2.75) is 70.4 Å². The van der Waals surface area contributed by atoms with Crippen molar-refractivity contribution in [3.05, 3.63) is 0 Å². The number of rotatable bonds is 7. The molecule has 0 aliphatic heterocycles. The fourth-order valence-corrected chi connectivity index (χ4v) is 3.17. The van der Waals surface area contributed by atoms with Gasteiger partial charge in [-0.15, -0.1) is 0 Å². The van der Waals surface area contributed by atoms with Crippen LogP contribution in [0.3, 0.4) is 0 Å². The molecule has 0 radical (unpaired) electrons. The smallest absolute Gasteiger partial charge is 0.242 e. The Morgan fingerprint density at radius 1 is 1.10 bits per heavy atom. The summed E-state index contributed by atoms with van der Waals surface area (Å²) in [6.45, 7) is 4.11. The zero-order valence-electron chi connectivity index (χ0n) is 13.9. The number of carbonyl (C=O) groups excluding carboxylic acids is 2. The molecule has 2 amide bonds. The Balaban J connectivity index is 2.61. The van der Waals surface area contributed by atoms with Gasteiger partial charge in [0.25, 0.3) is 0 Å². The summed E-state index contributed by atoms with van der Waals surface area (Å²) in [5.74, 6) is 0.222. The molecular formula is C16H31N3O2. The molecule has 3 N–H and O–H groups in total. The van der Waals surface area contributed by atoms with Crippen LogP contribution in [0.5, 0.6) is 0 Å². The topological polar surface area (TPSA) is 70.2 Å². The van der Waals surface area contributed by atoms with Crippen molar-refractivity contribution in [3.8, 4) is 0 Å². The highest BCUT2D eigenvalue weighted by Crippen LogP contribution is 2.30. The molecular weight excluding hydrogens is 266 g/mol. The van der Waals surface area contributed by atoms with Crippen LogP contribution in [0.4, 0.5) is 0 Å². The SMILES string of the molecule is CNC(=O)C(CC(C)C)NC(=O)CC1(NC)CCCCC1. The van der Waals surface area contributed by atoms with E-state index in [-0.39, 0.29) is 17.4 Å². The predicted molar refractivity (Wildman–Crippen MR) is 84.9 cm³/mol. The summed E-state index contributed by atoms with van der Waals surface area (Å²) in [6, 6.07) is -0.431. The minimum Gasteiger partial charge on any atom is -0.357 e. The summed E-state index contributed by atoms with van der Waals surface area (Å²) in [6.07, 6.45) is 6.77. The quantitative estimate of drug-likeness (QED) is 0.668. The molecule has 1 atom stereocenters. The molecule has 21 heavy (non-hydrogen) atoms. The van der Waals surface area contributed by atoms with Crippen LogP contribution in [0.15, 0.2) is 0 Å². The van der Waals surface area contributed by atoms with Gasteiger partial charge in [0, 0.05) is 19.0 Å². The first-order valence-electron chi connectivity index (χ1n) is 8.12. The average molecular weight is 297 g/mol. The highest BCUT2D eigenvalue weighted by Gasteiger charge is 2.33. The van der Waals surface area contributed by atoms with Crippen molar-refractivity contribution < 1.29 is 9.59 Å². The van der Waals surface area contributed by atoms with E-state index >= 15 is 0 Å². The van der Waals surface area contributed by atoms with Crippen LogP contribution in [0.1, 0.15) is 58.8 Å². The fraction of sp³-hybridized carbons (Fsp3) is 0.875. The molecule has 0 spiro atoms. The molecule has 0 aromatic heterocycles. The van der Waals surface area contributed by atoms with Gasteiger partial charge in [0.1, 0.15) is 6.04 Å². The van der Waals surface area contributed by atoms with E-state index in [4.69, 9.17) is 0 Å². The molecule has 0 heterocycles. The van der Waals surface area contributed by atoms with Gasteiger partial charge >= 0.3 is 0 Å². The molecule has 1 aliphatic carbocycles. The Hall–Kier alpha value is -1.10. The number of nitrogens with one attached hydrogen (secondary N) is 3. The lowest BCUT2D eigenvalue weighted by Gasteiger charge is -2.37. The van der Waals surface area contributed by atoms with Gasteiger partial charge in [0.15, 0.2) is 0 Å². The van der Waals surface area contributed by atoms with E-state index in [0.717, 1.165) is 12.8 Å². The molecule has 1 unspecified atom stereocenters. The lowest BCUT2D eigenvalue weighted by atomic mass is 9.79. The van der Waals surface area contributed by atoms with Crippen molar-refractivity contribution in [2.75, 3.05) is 14.1 Å². The van der Waals surface area contributed by atoms with Crippen LogP contribution in [0.25, 0.3) is 0 Å². The maximum atomic E-state index is 12.4. The van der Waals surface area contributed by atoms with E-state index in [2.05, 4.69) is 29.8 Å². The molecule has 1 fully saturated rings. The van der Waals surface area contributed by atoms with E-state index in [0.29, 0.717) is 18.8 Å². The molecule has 1 saturated carbocycles. The van der Waals surface area contributed by atoms with Gasteiger partial charge in [-0.2, -0.15) is 0 Å². The molecule has 0 aromatic rings. The van der Waals surface area contributed by atoms with Crippen molar-refractivity contribution in [1.82, 2.24) is 16.0 Å². The van der Waals surface area contributed by atoms with E-state index in [9.17, 15) is 9.59 Å². The Labute approximate surface area is 128 Å².